The van der Waals surface area contributed by atoms with Crippen LogP contribution in [0.4, 0.5) is 5.82 Å². The van der Waals surface area contributed by atoms with E-state index in [9.17, 15) is 4.79 Å². The third-order valence-electron chi connectivity index (χ3n) is 2.90. The van der Waals surface area contributed by atoms with E-state index in [1.165, 1.54) is 11.1 Å². The zero-order chi connectivity index (χ0) is 14.5. The minimum atomic E-state index is -0.321. The van der Waals surface area contributed by atoms with E-state index in [1.54, 1.807) is 4.68 Å². The third kappa shape index (κ3) is 4.09. The Bertz CT molecular complexity index is 609. The van der Waals surface area contributed by atoms with Gasteiger partial charge in [0.1, 0.15) is 5.82 Å². The highest BCUT2D eigenvalue weighted by Crippen LogP contribution is 2.19. The molecule has 0 bridgehead atoms. The molecule has 0 aliphatic carbocycles. The maximum absolute atomic E-state index is 10.7. The molecule has 1 amide bonds. The van der Waals surface area contributed by atoms with Gasteiger partial charge in [-0.1, -0.05) is 28.1 Å². The Morgan fingerprint density at radius 1 is 1.45 bits per heavy atom. The molecule has 5 nitrogen and oxygen atoms in total. The summed E-state index contributed by atoms with van der Waals surface area (Å²) in [7, 11) is 0. The maximum Gasteiger partial charge on any atom is 0.219 e. The topological polar surface area (TPSA) is 72.9 Å². The maximum atomic E-state index is 10.7. The number of aromatic nitrogens is 2. The molecule has 3 N–H and O–H groups in total. The summed E-state index contributed by atoms with van der Waals surface area (Å²) in [4.78, 5) is 10.7. The average Bonchev–Trinajstić information content (AvgIpc) is 2.83. The van der Waals surface area contributed by atoms with Crippen LogP contribution in [0.25, 0.3) is 0 Å². The van der Waals surface area contributed by atoms with Gasteiger partial charge in [-0.2, -0.15) is 5.10 Å². The second-order valence-electron chi connectivity index (χ2n) is 4.63. The molecule has 0 saturated heterocycles. The minimum Gasteiger partial charge on any atom is -0.370 e. The van der Waals surface area contributed by atoms with Gasteiger partial charge >= 0.3 is 0 Å². The van der Waals surface area contributed by atoms with Gasteiger partial charge in [0, 0.05) is 36.2 Å². The van der Waals surface area contributed by atoms with E-state index in [4.69, 9.17) is 5.73 Å². The molecule has 1 aromatic carbocycles. The fourth-order valence-corrected chi connectivity index (χ4v) is 2.42. The number of benzene rings is 1. The first kappa shape index (κ1) is 14.6. The summed E-state index contributed by atoms with van der Waals surface area (Å²) >= 11 is 3.55. The van der Waals surface area contributed by atoms with Gasteiger partial charge in [0.25, 0.3) is 0 Å². The van der Waals surface area contributed by atoms with Crippen molar-refractivity contribution in [3.05, 3.63) is 46.1 Å². The van der Waals surface area contributed by atoms with Crippen LogP contribution in [-0.4, -0.2) is 15.7 Å². The van der Waals surface area contributed by atoms with Gasteiger partial charge in [-0.05, 0) is 24.1 Å². The van der Waals surface area contributed by atoms with Crippen LogP contribution >= 0.6 is 15.9 Å². The first-order chi connectivity index (χ1) is 9.54. The van der Waals surface area contributed by atoms with Crippen LogP contribution in [0.5, 0.6) is 0 Å². The lowest BCUT2D eigenvalue weighted by Crippen LogP contribution is -2.14. The Kier molecular flexibility index (Phi) is 4.79. The number of aryl methyl sites for hydroxylation is 2. The number of carbonyl (C=O) groups excluding carboxylic acids is 1. The quantitative estimate of drug-likeness (QED) is 0.850. The van der Waals surface area contributed by atoms with E-state index in [0.717, 1.165) is 10.3 Å². The number of rotatable bonds is 6. The van der Waals surface area contributed by atoms with Crippen LogP contribution in [0, 0.1) is 6.92 Å². The zero-order valence-electron chi connectivity index (χ0n) is 11.3. The molecular formula is C14H17BrN4O. The summed E-state index contributed by atoms with van der Waals surface area (Å²) in [6.45, 7) is 3.25. The number of hydrogen-bond donors (Lipinski definition) is 2. The van der Waals surface area contributed by atoms with Crippen molar-refractivity contribution in [2.45, 2.75) is 26.4 Å². The van der Waals surface area contributed by atoms with Crippen molar-refractivity contribution in [3.8, 4) is 0 Å². The molecular weight excluding hydrogens is 320 g/mol. The third-order valence-corrected chi connectivity index (χ3v) is 3.63. The molecule has 2 aromatic rings. The monoisotopic (exact) mass is 336 g/mol. The van der Waals surface area contributed by atoms with Crippen molar-refractivity contribution in [1.82, 2.24) is 9.78 Å². The predicted molar refractivity (Wildman–Crippen MR) is 82.2 cm³/mol. The molecule has 0 aliphatic heterocycles. The molecule has 6 heteroatoms. The highest BCUT2D eigenvalue weighted by molar-refractivity contribution is 9.10. The molecule has 0 spiro atoms. The molecule has 0 fully saturated rings. The van der Waals surface area contributed by atoms with E-state index in [0.29, 0.717) is 19.5 Å². The van der Waals surface area contributed by atoms with Crippen LogP contribution in [-0.2, 0) is 17.9 Å². The van der Waals surface area contributed by atoms with Crippen molar-refractivity contribution in [3.63, 3.8) is 0 Å². The van der Waals surface area contributed by atoms with E-state index in [1.807, 2.05) is 12.3 Å². The summed E-state index contributed by atoms with van der Waals surface area (Å²) < 4.78 is 2.79. The lowest BCUT2D eigenvalue weighted by molar-refractivity contribution is -0.118. The molecule has 1 heterocycles. The summed E-state index contributed by atoms with van der Waals surface area (Å²) in [6.07, 6.45) is 2.13. The lowest BCUT2D eigenvalue weighted by Gasteiger charge is -2.06. The molecule has 106 valence electrons. The SMILES string of the molecule is Cc1ccc(CNc2ccn(CCC(N)=O)n2)c(Br)c1. The summed E-state index contributed by atoms with van der Waals surface area (Å²) in [5, 5.41) is 7.58. The van der Waals surface area contributed by atoms with Crippen molar-refractivity contribution in [2.75, 3.05) is 5.32 Å². The number of amides is 1. The van der Waals surface area contributed by atoms with E-state index < -0.39 is 0 Å². The number of halogens is 1. The van der Waals surface area contributed by atoms with Gasteiger partial charge in [0.2, 0.25) is 5.91 Å². The molecule has 0 aliphatic rings. The average molecular weight is 337 g/mol. The fraction of sp³-hybridized carbons (Fsp3) is 0.286. The first-order valence-corrected chi connectivity index (χ1v) is 7.14. The van der Waals surface area contributed by atoms with Crippen LogP contribution in [0.1, 0.15) is 17.5 Å². The number of nitrogens with two attached hydrogens (primary N) is 1. The van der Waals surface area contributed by atoms with E-state index in [-0.39, 0.29) is 5.91 Å². The van der Waals surface area contributed by atoms with Crippen LogP contribution in [0.2, 0.25) is 0 Å². The Morgan fingerprint density at radius 2 is 2.25 bits per heavy atom. The zero-order valence-corrected chi connectivity index (χ0v) is 12.9. The van der Waals surface area contributed by atoms with Crippen molar-refractivity contribution < 1.29 is 4.79 Å². The van der Waals surface area contributed by atoms with E-state index in [2.05, 4.69) is 51.5 Å². The Balaban J connectivity index is 1.92. The van der Waals surface area contributed by atoms with Gasteiger partial charge in [0.15, 0.2) is 0 Å². The van der Waals surface area contributed by atoms with Gasteiger partial charge < -0.3 is 11.1 Å². The number of carbonyl (C=O) groups is 1. The van der Waals surface area contributed by atoms with Crippen molar-refractivity contribution >= 4 is 27.7 Å². The lowest BCUT2D eigenvalue weighted by atomic mass is 10.1. The van der Waals surface area contributed by atoms with E-state index >= 15 is 0 Å². The summed E-state index contributed by atoms with van der Waals surface area (Å²) in [6, 6.07) is 8.12. The molecule has 20 heavy (non-hydrogen) atoms. The van der Waals surface area contributed by atoms with Gasteiger partial charge in [0.05, 0.1) is 0 Å². The number of primary amides is 1. The highest BCUT2D eigenvalue weighted by atomic mass is 79.9. The van der Waals surface area contributed by atoms with Gasteiger partial charge in [-0.25, -0.2) is 0 Å². The van der Waals surface area contributed by atoms with Gasteiger partial charge in [-0.3, -0.25) is 9.48 Å². The second kappa shape index (κ2) is 6.56. The molecule has 0 radical (unpaired) electrons. The molecule has 2 rings (SSSR count). The van der Waals surface area contributed by atoms with Gasteiger partial charge in [-0.15, -0.1) is 0 Å². The van der Waals surface area contributed by atoms with Crippen LogP contribution in [0.3, 0.4) is 0 Å². The Labute approximate surface area is 126 Å². The van der Waals surface area contributed by atoms with Crippen LogP contribution in [0.15, 0.2) is 34.9 Å². The molecule has 1 aromatic heterocycles. The number of hydrogen-bond acceptors (Lipinski definition) is 3. The molecule has 0 unspecified atom stereocenters. The fourth-order valence-electron chi connectivity index (χ4n) is 1.79. The second-order valence-corrected chi connectivity index (χ2v) is 5.48. The minimum absolute atomic E-state index is 0.296. The first-order valence-electron chi connectivity index (χ1n) is 6.35. The molecule has 0 saturated carbocycles. The number of nitrogens with zero attached hydrogens (tertiary/aromatic N) is 2. The van der Waals surface area contributed by atoms with Crippen molar-refractivity contribution in [1.29, 1.82) is 0 Å². The standard InChI is InChI=1S/C14H17BrN4O/c1-10-2-3-11(12(15)8-10)9-17-14-5-7-19(18-14)6-4-13(16)20/h2-3,5,7-8H,4,6,9H2,1H3,(H2,16,20)(H,17,18). The Morgan fingerprint density at radius 3 is 2.95 bits per heavy atom. The summed E-state index contributed by atoms with van der Waals surface area (Å²) in [5.41, 5.74) is 7.50. The molecule has 0 atom stereocenters. The number of nitrogens with one attached hydrogen (secondary N) is 1. The predicted octanol–water partition coefficient (Wildman–Crippen LogP) is 2.44. The normalized spacial score (nSPS) is 10.5. The summed E-state index contributed by atoms with van der Waals surface area (Å²) in [5.74, 6) is 0.459. The smallest absolute Gasteiger partial charge is 0.219 e. The van der Waals surface area contributed by atoms with Crippen molar-refractivity contribution in [2.24, 2.45) is 5.73 Å². The largest absolute Gasteiger partial charge is 0.370 e. The Hall–Kier alpha value is -1.82. The van der Waals surface area contributed by atoms with Crippen LogP contribution < -0.4 is 11.1 Å². The number of anilines is 1. The highest BCUT2D eigenvalue weighted by Gasteiger charge is 2.03.